The van der Waals surface area contributed by atoms with Crippen molar-refractivity contribution in [1.82, 2.24) is 0 Å². The summed E-state index contributed by atoms with van der Waals surface area (Å²) in [6.07, 6.45) is -0.0214. The highest BCUT2D eigenvalue weighted by Gasteiger charge is 2.32. The topological polar surface area (TPSA) is 68.3 Å². The lowest BCUT2D eigenvalue weighted by molar-refractivity contribution is 0.574. The van der Waals surface area contributed by atoms with Crippen LogP contribution in [0.15, 0.2) is 82.6 Å². The first-order valence-corrected chi connectivity index (χ1v) is 13.7. The Bertz CT molecular complexity index is 1230. The van der Waals surface area contributed by atoms with Crippen LogP contribution in [0.3, 0.4) is 0 Å². The number of hydrogen-bond donors (Lipinski definition) is 0. The molecule has 0 bridgehead atoms. The van der Waals surface area contributed by atoms with E-state index in [1.165, 1.54) is 0 Å². The molecule has 0 radical (unpaired) electrons. The van der Waals surface area contributed by atoms with Crippen molar-refractivity contribution in [3.63, 3.8) is 0 Å². The average Bonchev–Trinajstić information content (AvgIpc) is 2.70. The van der Waals surface area contributed by atoms with Gasteiger partial charge in [0, 0.05) is 3.57 Å². The molecule has 0 aliphatic rings. The van der Waals surface area contributed by atoms with Crippen LogP contribution in [-0.2, 0) is 19.7 Å². The SMILES string of the molecule is Cc1ccc(S(=O)(=O)CCC(c2ccccc2I)S(=O)(=O)c2ccc(C)cc2)cc1. The standard InChI is InChI=1S/C23H23IO4S2/c1-17-7-11-19(12-8-17)29(25,26)16-15-23(21-5-3-4-6-22(21)24)30(27,28)20-13-9-18(2)10-14-20/h3-14,23H,15-16H2,1-2H3. The number of halogens is 1. The second-order valence-electron chi connectivity index (χ2n) is 7.29. The van der Waals surface area contributed by atoms with E-state index in [0.29, 0.717) is 5.56 Å². The van der Waals surface area contributed by atoms with Crippen molar-refractivity contribution < 1.29 is 16.8 Å². The largest absolute Gasteiger partial charge is 0.224 e. The van der Waals surface area contributed by atoms with Gasteiger partial charge in [0.15, 0.2) is 19.7 Å². The van der Waals surface area contributed by atoms with Crippen molar-refractivity contribution in [2.24, 2.45) is 0 Å². The van der Waals surface area contributed by atoms with E-state index in [0.717, 1.165) is 14.7 Å². The zero-order chi connectivity index (χ0) is 21.9. The van der Waals surface area contributed by atoms with Gasteiger partial charge in [-0.15, -0.1) is 0 Å². The van der Waals surface area contributed by atoms with Crippen molar-refractivity contribution in [3.8, 4) is 0 Å². The molecule has 0 saturated heterocycles. The van der Waals surface area contributed by atoms with Crippen molar-refractivity contribution >= 4 is 42.3 Å². The number of aryl methyl sites for hydroxylation is 2. The molecule has 4 nitrogen and oxygen atoms in total. The molecule has 0 aromatic heterocycles. The van der Waals surface area contributed by atoms with Crippen molar-refractivity contribution in [1.29, 1.82) is 0 Å². The maximum atomic E-state index is 13.5. The molecule has 3 aromatic rings. The molecule has 0 N–H and O–H groups in total. The van der Waals surface area contributed by atoms with Gasteiger partial charge in [0.05, 0.1) is 20.8 Å². The molecular formula is C23H23IO4S2. The molecule has 1 unspecified atom stereocenters. The minimum atomic E-state index is -3.77. The third-order valence-electron chi connectivity index (χ3n) is 5.01. The molecule has 158 valence electrons. The minimum absolute atomic E-state index is 0.0214. The van der Waals surface area contributed by atoms with E-state index in [4.69, 9.17) is 0 Å². The summed E-state index contributed by atoms with van der Waals surface area (Å²) in [4.78, 5) is 0.410. The summed E-state index contributed by atoms with van der Waals surface area (Å²) in [6, 6.07) is 20.5. The second kappa shape index (κ2) is 9.20. The summed E-state index contributed by atoms with van der Waals surface area (Å²) in [5.74, 6) is -0.253. The molecule has 0 fully saturated rings. The Morgan fingerprint density at radius 3 is 1.77 bits per heavy atom. The van der Waals surface area contributed by atoms with Gasteiger partial charge in [-0.1, -0.05) is 53.6 Å². The molecule has 7 heteroatoms. The smallest absolute Gasteiger partial charge is 0.185 e. The van der Waals surface area contributed by atoms with Crippen molar-refractivity contribution in [3.05, 3.63) is 93.1 Å². The van der Waals surface area contributed by atoms with Crippen molar-refractivity contribution in [2.45, 2.75) is 35.3 Å². The first-order valence-electron chi connectivity index (χ1n) is 9.46. The predicted molar refractivity (Wildman–Crippen MR) is 128 cm³/mol. The summed E-state index contributed by atoms with van der Waals surface area (Å²) >= 11 is 2.10. The molecule has 0 saturated carbocycles. The summed E-state index contributed by atoms with van der Waals surface area (Å²) in [5.41, 5.74) is 2.55. The van der Waals surface area contributed by atoms with Crippen LogP contribution in [0.5, 0.6) is 0 Å². The Hall–Kier alpha value is -1.71. The van der Waals surface area contributed by atoms with Crippen LogP contribution in [0.1, 0.15) is 28.4 Å². The van der Waals surface area contributed by atoms with Crippen molar-refractivity contribution in [2.75, 3.05) is 5.75 Å². The highest BCUT2D eigenvalue weighted by molar-refractivity contribution is 14.1. The van der Waals surface area contributed by atoms with Gasteiger partial charge >= 0.3 is 0 Å². The summed E-state index contributed by atoms with van der Waals surface area (Å²) in [6.45, 7) is 3.78. The molecule has 0 aliphatic heterocycles. The lowest BCUT2D eigenvalue weighted by Gasteiger charge is -2.20. The predicted octanol–water partition coefficient (Wildman–Crippen LogP) is 5.29. The second-order valence-corrected chi connectivity index (χ2v) is 12.7. The number of hydrogen-bond acceptors (Lipinski definition) is 4. The van der Waals surface area contributed by atoms with Gasteiger partial charge in [-0.25, -0.2) is 16.8 Å². The molecule has 0 heterocycles. The Balaban J connectivity index is 1.99. The summed E-state index contributed by atoms with van der Waals surface area (Å²) in [7, 11) is -7.38. The third kappa shape index (κ3) is 5.12. The van der Waals surface area contributed by atoms with Gasteiger partial charge in [-0.05, 0) is 78.8 Å². The van der Waals surface area contributed by atoms with Crippen LogP contribution < -0.4 is 0 Å². The Kier molecular flexibility index (Phi) is 7.04. The summed E-state index contributed by atoms with van der Waals surface area (Å²) in [5, 5.41) is -0.950. The molecule has 0 spiro atoms. The number of benzene rings is 3. The zero-order valence-corrected chi connectivity index (χ0v) is 20.5. The van der Waals surface area contributed by atoms with Gasteiger partial charge in [-0.3, -0.25) is 0 Å². The van der Waals surface area contributed by atoms with Gasteiger partial charge in [0.1, 0.15) is 0 Å². The Morgan fingerprint density at radius 1 is 0.733 bits per heavy atom. The first-order chi connectivity index (χ1) is 14.1. The Morgan fingerprint density at radius 2 is 1.23 bits per heavy atom. The quantitative estimate of drug-likeness (QED) is 0.373. The van der Waals surface area contributed by atoms with E-state index in [9.17, 15) is 16.8 Å². The minimum Gasteiger partial charge on any atom is -0.224 e. The van der Waals surface area contributed by atoms with Gasteiger partial charge in [-0.2, -0.15) is 0 Å². The maximum absolute atomic E-state index is 13.5. The monoisotopic (exact) mass is 554 g/mol. The van der Waals surface area contributed by atoms with Crippen LogP contribution in [0.25, 0.3) is 0 Å². The van der Waals surface area contributed by atoms with E-state index >= 15 is 0 Å². The van der Waals surface area contributed by atoms with E-state index in [2.05, 4.69) is 22.6 Å². The van der Waals surface area contributed by atoms with Crippen LogP contribution >= 0.6 is 22.6 Å². The molecule has 3 rings (SSSR count). The molecule has 3 aromatic carbocycles. The van der Waals surface area contributed by atoms with Crippen LogP contribution in [-0.4, -0.2) is 22.6 Å². The molecule has 30 heavy (non-hydrogen) atoms. The van der Waals surface area contributed by atoms with E-state index < -0.39 is 24.9 Å². The zero-order valence-electron chi connectivity index (χ0n) is 16.7. The Labute approximate surface area is 192 Å². The van der Waals surface area contributed by atoms with Crippen LogP contribution in [0.4, 0.5) is 0 Å². The van der Waals surface area contributed by atoms with Gasteiger partial charge in [0.2, 0.25) is 0 Å². The molecular weight excluding hydrogens is 531 g/mol. The van der Waals surface area contributed by atoms with Crippen LogP contribution in [0.2, 0.25) is 0 Å². The van der Waals surface area contributed by atoms with E-state index in [-0.39, 0.29) is 22.0 Å². The molecule has 0 aliphatic carbocycles. The van der Waals surface area contributed by atoms with Crippen LogP contribution in [0, 0.1) is 17.4 Å². The molecule has 0 amide bonds. The lowest BCUT2D eigenvalue weighted by Crippen LogP contribution is -2.19. The fraction of sp³-hybridized carbons (Fsp3) is 0.217. The number of sulfone groups is 2. The maximum Gasteiger partial charge on any atom is 0.185 e. The normalized spacial score (nSPS) is 13.2. The van der Waals surface area contributed by atoms with Gasteiger partial charge in [0.25, 0.3) is 0 Å². The average molecular weight is 554 g/mol. The van der Waals surface area contributed by atoms with E-state index in [1.807, 2.05) is 26.0 Å². The highest BCUT2D eigenvalue weighted by Crippen LogP contribution is 2.35. The fourth-order valence-electron chi connectivity index (χ4n) is 3.23. The fourth-order valence-corrected chi connectivity index (χ4v) is 7.50. The van der Waals surface area contributed by atoms with E-state index in [1.54, 1.807) is 60.7 Å². The first kappa shape index (κ1) is 23.0. The number of rotatable bonds is 7. The summed E-state index contributed by atoms with van der Waals surface area (Å²) < 4.78 is 53.5. The lowest BCUT2D eigenvalue weighted by atomic mass is 10.1. The van der Waals surface area contributed by atoms with Gasteiger partial charge < -0.3 is 0 Å². The highest BCUT2D eigenvalue weighted by atomic mass is 127. The third-order valence-corrected chi connectivity index (χ3v) is 9.92. The molecule has 1 atom stereocenters.